The molecular weight excluding hydrogens is 367 g/mol. The van der Waals surface area contributed by atoms with Crippen LogP contribution in [0, 0.1) is 0 Å². The number of hydrazone groups is 1. The lowest BCUT2D eigenvalue weighted by molar-refractivity contribution is -0.137. The zero-order valence-electron chi connectivity index (χ0n) is 13.4. The number of anilines is 1. The average molecular weight is 382 g/mol. The van der Waals surface area contributed by atoms with E-state index in [1.165, 1.54) is 18.3 Å². The van der Waals surface area contributed by atoms with Crippen molar-refractivity contribution < 1.29 is 18.0 Å². The molecule has 4 nitrogen and oxygen atoms in total. The van der Waals surface area contributed by atoms with E-state index in [2.05, 4.69) is 15.8 Å². The van der Waals surface area contributed by atoms with Crippen LogP contribution < -0.4 is 10.7 Å². The molecular formula is C18H15ClF3N3O. The van der Waals surface area contributed by atoms with Crippen LogP contribution in [0.25, 0.3) is 6.08 Å². The van der Waals surface area contributed by atoms with E-state index in [0.717, 1.165) is 17.7 Å². The first-order valence-corrected chi connectivity index (χ1v) is 7.88. The summed E-state index contributed by atoms with van der Waals surface area (Å²) in [5, 5.41) is 6.60. The number of carbonyl (C=O) groups is 1. The molecule has 1 amide bonds. The van der Waals surface area contributed by atoms with Crippen molar-refractivity contribution in [2.24, 2.45) is 5.10 Å². The summed E-state index contributed by atoms with van der Waals surface area (Å²) < 4.78 is 37.9. The van der Waals surface area contributed by atoms with Gasteiger partial charge in [-0.25, -0.2) is 5.43 Å². The Kier molecular flexibility index (Phi) is 6.80. The summed E-state index contributed by atoms with van der Waals surface area (Å²) in [4.78, 5) is 11.7. The maximum atomic E-state index is 12.6. The molecule has 2 aromatic carbocycles. The molecule has 8 heteroatoms. The molecule has 2 rings (SSSR count). The quantitative estimate of drug-likeness (QED) is 0.572. The highest BCUT2D eigenvalue weighted by Gasteiger charge is 2.30. The summed E-state index contributed by atoms with van der Waals surface area (Å²) >= 11 is 5.97. The third-order valence-corrected chi connectivity index (χ3v) is 3.33. The zero-order valence-corrected chi connectivity index (χ0v) is 14.2. The minimum Gasteiger partial charge on any atom is -0.376 e. The number of amides is 1. The number of hydrogen-bond donors (Lipinski definition) is 2. The molecule has 0 radical (unpaired) electrons. The molecule has 2 N–H and O–H groups in total. The predicted octanol–water partition coefficient (Wildman–Crippen LogP) is 4.50. The Hall–Kier alpha value is -2.80. The Bertz CT molecular complexity index is 805. The molecule has 0 aliphatic heterocycles. The van der Waals surface area contributed by atoms with Crippen LogP contribution in [0.15, 0.2) is 64.7 Å². The van der Waals surface area contributed by atoms with Crippen molar-refractivity contribution in [1.29, 1.82) is 0 Å². The van der Waals surface area contributed by atoms with Gasteiger partial charge in [-0.15, -0.1) is 0 Å². The Balaban J connectivity index is 1.83. The Morgan fingerprint density at radius 3 is 2.54 bits per heavy atom. The van der Waals surface area contributed by atoms with Crippen molar-refractivity contribution in [3.63, 3.8) is 0 Å². The molecule has 0 heterocycles. The van der Waals surface area contributed by atoms with Crippen LogP contribution in [0.1, 0.15) is 11.1 Å². The molecule has 136 valence electrons. The van der Waals surface area contributed by atoms with Gasteiger partial charge in [-0.3, -0.25) is 4.79 Å². The lowest BCUT2D eigenvalue weighted by Gasteiger charge is -2.09. The molecule has 0 saturated heterocycles. The summed E-state index contributed by atoms with van der Waals surface area (Å²) in [7, 11) is 0. The summed E-state index contributed by atoms with van der Waals surface area (Å²) in [5.74, 6) is -0.525. The van der Waals surface area contributed by atoms with Gasteiger partial charge < -0.3 is 5.32 Å². The number of rotatable bonds is 6. The van der Waals surface area contributed by atoms with Crippen molar-refractivity contribution in [3.8, 4) is 0 Å². The zero-order chi connectivity index (χ0) is 19.0. The molecule has 0 fully saturated rings. The van der Waals surface area contributed by atoms with E-state index >= 15 is 0 Å². The first kappa shape index (κ1) is 19.5. The van der Waals surface area contributed by atoms with Gasteiger partial charge in [-0.1, -0.05) is 48.0 Å². The number of allylic oxidation sites excluding steroid dienone is 1. The first-order chi connectivity index (χ1) is 12.3. The van der Waals surface area contributed by atoms with Crippen molar-refractivity contribution in [1.82, 2.24) is 5.43 Å². The molecule has 0 bridgehead atoms. The summed E-state index contributed by atoms with van der Waals surface area (Å²) in [6, 6.07) is 13.9. The van der Waals surface area contributed by atoms with Crippen LogP contribution in [0.2, 0.25) is 0 Å². The molecule has 0 aliphatic rings. The fraction of sp³-hybridized carbons (Fsp3) is 0.111. The number of nitrogens with one attached hydrogen (secondary N) is 2. The molecule has 0 aromatic heterocycles. The van der Waals surface area contributed by atoms with Gasteiger partial charge in [0.1, 0.15) is 0 Å². The second-order valence-corrected chi connectivity index (χ2v) is 5.60. The first-order valence-electron chi connectivity index (χ1n) is 7.50. The highest BCUT2D eigenvalue weighted by molar-refractivity contribution is 6.41. The molecule has 2 aromatic rings. The van der Waals surface area contributed by atoms with E-state index in [1.807, 2.05) is 30.3 Å². The normalized spacial score (nSPS) is 12.2. The smallest absolute Gasteiger partial charge is 0.376 e. The minimum absolute atomic E-state index is 0.181. The van der Waals surface area contributed by atoms with Crippen LogP contribution >= 0.6 is 11.6 Å². The van der Waals surface area contributed by atoms with Crippen LogP contribution in [0.4, 0.5) is 18.9 Å². The molecule has 0 unspecified atom stereocenters. The molecule has 0 atom stereocenters. The second kappa shape index (κ2) is 9.05. The van der Waals surface area contributed by atoms with Gasteiger partial charge in [0.15, 0.2) is 0 Å². The average Bonchev–Trinajstić information content (AvgIpc) is 2.60. The fourth-order valence-corrected chi connectivity index (χ4v) is 2.11. The number of halogens is 4. The number of nitrogens with zero attached hydrogens (tertiary/aromatic N) is 1. The van der Waals surface area contributed by atoms with E-state index < -0.39 is 17.6 Å². The summed E-state index contributed by atoms with van der Waals surface area (Å²) in [5.41, 5.74) is 2.50. The number of carbonyl (C=O) groups excluding carboxylic acids is 1. The standard InChI is InChI=1S/C18H15ClF3N3O/c19-15(9-13-5-2-1-3-6-13)11-24-25-17(26)12-23-16-8-4-7-14(10-16)18(20,21)22/h1-11,23H,12H2,(H,25,26)/b15-9-,24-11-. The van der Waals surface area contributed by atoms with Gasteiger partial charge in [0.2, 0.25) is 0 Å². The van der Waals surface area contributed by atoms with E-state index in [1.54, 1.807) is 6.08 Å². The fourth-order valence-electron chi connectivity index (χ4n) is 1.94. The minimum atomic E-state index is -4.44. The van der Waals surface area contributed by atoms with Crippen molar-refractivity contribution >= 4 is 35.5 Å². The third-order valence-electron chi connectivity index (χ3n) is 3.12. The highest BCUT2D eigenvalue weighted by atomic mass is 35.5. The molecule has 0 saturated carbocycles. The Labute approximate surface area is 153 Å². The van der Waals surface area contributed by atoms with Crippen LogP contribution in [-0.4, -0.2) is 18.7 Å². The van der Waals surface area contributed by atoms with Crippen LogP contribution in [0.5, 0.6) is 0 Å². The van der Waals surface area contributed by atoms with E-state index in [-0.39, 0.29) is 12.2 Å². The van der Waals surface area contributed by atoms with E-state index in [4.69, 9.17) is 11.6 Å². The monoisotopic (exact) mass is 381 g/mol. The second-order valence-electron chi connectivity index (χ2n) is 5.17. The Morgan fingerprint density at radius 2 is 1.85 bits per heavy atom. The number of hydrogen-bond acceptors (Lipinski definition) is 3. The van der Waals surface area contributed by atoms with E-state index in [9.17, 15) is 18.0 Å². The maximum Gasteiger partial charge on any atom is 0.416 e. The van der Waals surface area contributed by atoms with Gasteiger partial charge >= 0.3 is 6.18 Å². The third kappa shape index (κ3) is 6.60. The molecule has 0 spiro atoms. The molecule has 26 heavy (non-hydrogen) atoms. The Morgan fingerprint density at radius 1 is 1.12 bits per heavy atom. The van der Waals surface area contributed by atoms with Gasteiger partial charge in [-0.2, -0.15) is 18.3 Å². The predicted molar refractivity (Wildman–Crippen MR) is 96.8 cm³/mol. The van der Waals surface area contributed by atoms with Crippen molar-refractivity contribution in [2.45, 2.75) is 6.18 Å². The lowest BCUT2D eigenvalue weighted by atomic mass is 10.2. The topological polar surface area (TPSA) is 53.5 Å². The van der Waals surface area contributed by atoms with Crippen molar-refractivity contribution in [2.75, 3.05) is 11.9 Å². The SMILES string of the molecule is O=C(CNc1cccc(C(F)(F)F)c1)N/N=C\C(Cl)=C\c1ccccc1. The van der Waals surface area contributed by atoms with E-state index in [0.29, 0.717) is 5.03 Å². The summed E-state index contributed by atoms with van der Waals surface area (Å²) in [6.07, 6.45) is -1.51. The largest absolute Gasteiger partial charge is 0.416 e. The number of alkyl halides is 3. The van der Waals surface area contributed by atoms with Gasteiger partial charge in [0.25, 0.3) is 5.91 Å². The van der Waals surface area contributed by atoms with Crippen molar-refractivity contribution in [3.05, 3.63) is 70.8 Å². The lowest BCUT2D eigenvalue weighted by Crippen LogP contribution is -2.25. The maximum absolute atomic E-state index is 12.6. The molecule has 0 aliphatic carbocycles. The van der Waals surface area contributed by atoms with Crippen LogP contribution in [0.3, 0.4) is 0 Å². The summed E-state index contributed by atoms with van der Waals surface area (Å²) in [6.45, 7) is -0.237. The van der Waals surface area contributed by atoms with Crippen LogP contribution in [-0.2, 0) is 11.0 Å². The van der Waals surface area contributed by atoms with Gasteiger partial charge in [0.05, 0.1) is 23.4 Å². The van der Waals surface area contributed by atoms with Gasteiger partial charge in [0, 0.05) is 5.69 Å². The van der Waals surface area contributed by atoms with Gasteiger partial charge in [-0.05, 0) is 29.8 Å². The number of benzene rings is 2. The highest BCUT2D eigenvalue weighted by Crippen LogP contribution is 2.30.